The molecule has 0 saturated carbocycles. The van der Waals surface area contributed by atoms with E-state index >= 15 is 0 Å². The van der Waals surface area contributed by atoms with Crippen molar-refractivity contribution in [2.24, 2.45) is 5.73 Å². The number of hydrogen-bond donors (Lipinski definition) is 3. The Hall–Kier alpha value is -2.08. The van der Waals surface area contributed by atoms with Gasteiger partial charge in [0.15, 0.2) is 6.17 Å². The van der Waals surface area contributed by atoms with Crippen molar-refractivity contribution in [3.05, 3.63) is 35.9 Å². The average Bonchev–Trinajstić information content (AvgIpc) is 2.27. The second kappa shape index (κ2) is 5.72. The summed E-state index contributed by atoms with van der Waals surface area (Å²) in [5.74, 6) is -1.32. The number of carbonyl (C=O) groups excluding carboxylic acids is 1. The standard InChI is InChI=1S/C10H12N2O4/c11-8(9(13)14)12-10(15)16-6-7-4-2-1-3-5-7/h1-5,8H,6,11H2,(H,12,15)(H,13,14). The lowest BCUT2D eigenvalue weighted by molar-refractivity contribution is -0.139. The molecule has 16 heavy (non-hydrogen) atoms. The van der Waals surface area contributed by atoms with Gasteiger partial charge in [-0.05, 0) is 5.56 Å². The summed E-state index contributed by atoms with van der Waals surface area (Å²) in [7, 11) is 0. The number of ether oxygens (including phenoxy) is 1. The Kier molecular flexibility index (Phi) is 4.28. The van der Waals surface area contributed by atoms with Crippen LogP contribution in [0.5, 0.6) is 0 Å². The highest BCUT2D eigenvalue weighted by Gasteiger charge is 2.14. The maximum atomic E-state index is 11.1. The van der Waals surface area contributed by atoms with Crippen molar-refractivity contribution in [1.82, 2.24) is 5.32 Å². The summed E-state index contributed by atoms with van der Waals surface area (Å²) in [6.07, 6.45) is -2.32. The third-order valence-electron chi connectivity index (χ3n) is 1.75. The molecule has 6 nitrogen and oxygen atoms in total. The zero-order valence-electron chi connectivity index (χ0n) is 8.42. The van der Waals surface area contributed by atoms with E-state index in [1.807, 2.05) is 11.4 Å². The van der Waals surface area contributed by atoms with Gasteiger partial charge in [-0.1, -0.05) is 30.3 Å². The number of nitrogens with two attached hydrogens (primary N) is 1. The first-order valence-corrected chi connectivity index (χ1v) is 4.55. The summed E-state index contributed by atoms with van der Waals surface area (Å²) >= 11 is 0. The molecule has 0 aliphatic rings. The number of amides is 1. The number of alkyl carbamates (subject to hydrolysis) is 1. The molecule has 1 rings (SSSR count). The molecule has 0 aromatic heterocycles. The zero-order chi connectivity index (χ0) is 12.0. The number of rotatable bonds is 4. The van der Waals surface area contributed by atoms with E-state index in [-0.39, 0.29) is 6.61 Å². The Morgan fingerprint density at radius 2 is 2.00 bits per heavy atom. The van der Waals surface area contributed by atoms with Crippen LogP contribution < -0.4 is 11.1 Å². The molecule has 0 fully saturated rings. The van der Waals surface area contributed by atoms with Gasteiger partial charge in [-0.2, -0.15) is 0 Å². The number of carbonyl (C=O) groups is 2. The number of aliphatic carboxylic acids is 1. The first kappa shape index (κ1) is 12.0. The highest BCUT2D eigenvalue weighted by molar-refractivity contribution is 5.79. The molecular weight excluding hydrogens is 212 g/mol. The van der Waals surface area contributed by atoms with Crippen molar-refractivity contribution in [3.63, 3.8) is 0 Å². The topological polar surface area (TPSA) is 102 Å². The Balaban J connectivity index is 2.33. The second-order valence-corrected chi connectivity index (χ2v) is 3.02. The van der Waals surface area contributed by atoms with Crippen LogP contribution in [0, 0.1) is 0 Å². The van der Waals surface area contributed by atoms with Crippen LogP contribution in [0.3, 0.4) is 0 Å². The largest absolute Gasteiger partial charge is 0.479 e. The first-order chi connectivity index (χ1) is 7.59. The van der Waals surface area contributed by atoms with Gasteiger partial charge in [-0.15, -0.1) is 0 Å². The molecule has 1 aromatic carbocycles. The molecule has 86 valence electrons. The third kappa shape index (κ3) is 3.97. The Labute approximate surface area is 92.0 Å². The highest BCUT2D eigenvalue weighted by Crippen LogP contribution is 2.00. The third-order valence-corrected chi connectivity index (χ3v) is 1.75. The molecule has 0 aliphatic carbocycles. The van der Waals surface area contributed by atoms with Gasteiger partial charge >= 0.3 is 12.1 Å². The number of carboxylic acid groups (broad SMARTS) is 1. The quantitative estimate of drug-likeness (QED) is 0.638. The molecular formula is C10H12N2O4. The van der Waals surface area contributed by atoms with Crippen molar-refractivity contribution in [2.45, 2.75) is 12.8 Å². The van der Waals surface area contributed by atoms with Crippen LogP contribution in [0.4, 0.5) is 4.79 Å². The number of benzene rings is 1. The van der Waals surface area contributed by atoms with E-state index in [1.54, 1.807) is 24.3 Å². The molecule has 0 spiro atoms. The zero-order valence-corrected chi connectivity index (χ0v) is 8.42. The monoisotopic (exact) mass is 224 g/mol. The van der Waals surface area contributed by atoms with E-state index < -0.39 is 18.2 Å². The second-order valence-electron chi connectivity index (χ2n) is 3.02. The molecule has 0 saturated heterocycles. The molecule has 1 amide bonds. The Morgan fingerprint density at radius 1 is 1.38 bits per heavy atom. The van der Waals surface area contributed by atoms with Crippen molar-refractivity contribution in [1.29, 1.82) is 0 Å². The molecule has 0 bridgehead atoms. The summed E-state index contributed by atoms with van der Waals surface area (Å²) in [5, 5.41) is 10.4. The molecule has 4 N–H and O–H groups in total. The minimum absolute atomic E-state index is 0.0685. The normalized spacial score (nSPS) is 11.6. The lowest BCUT2D eigenvalue weighted by Gasteiger charge is -2.09. The molecule has 1 aromatic rings. The van der Waals surface area contributed by atoms with Gasteiger partial charge in [0.25, 0.3) is 0 Å². The van der Waals surface area contributed by atoms with Crippen LogP contribution in [0.2, 0.25) is 0 Å². The van der Waals surface area contributed by atoms with E-state index in [1.165, 1.54) is 0 Å². The van der Waals surface area contributed by atoms with Crippen LogP contribution in [0.15, 0.2) is 30.3 Å². The average molecular weight is 224 g/mol. The van der Waals surface area contributed by atoms with Crippen LogP contribution in [-0.2, 0) is 16.1 Å². The molecule has 1 atom stereocenters. The Bertz CT molecular complexity index is 366. The number of carboxylic acids is 1. The number of hydrogen-bond acceptors (Lipinski definition) is 4. The van der Waals surface area contributed by atoms with E-state index in [2.05, 4.69) is 0 Å². The van der Waals surface area contributed by atoms with Crippen LogP contribution in [0.25, 0.3) is 0 Å². The van der Waals surface area contributed by atoms with E-state index in [9.17, 15) is 9.59 Å². The molecule has 0 radical (unpaired) electrons. The fourth-order valence-electron chi connectivity index (χ4n) is 0.953. The molecule has 0 aliphatic heterocycles. The lowest BCUT2D eigenvalue weighted by atomic mass is 10.2. The highest BCUT2D eigenvalue weighted by atomic mass is 16.5. The number of nitrogens with one attached hydrogen (secondary N) is 1. The smallest absolute Gasteiger partial charge is 0.409 e. The summed E-state index contributed by atoms with van der Waals surface area (Å²) in [4.78, 5) is 21.4. The maximum Gasteiger partial charge on any atom is 0.409 e. The molecule has 1 unspecified atom stereocenters. The SMILES string of the molecule is NC(NC(=O)OCc1ccccc1)C(=O)O. The summed E-state index contributed by atoms with van der Waals surface area (Å²) in [6.45, 7) is 0.0685. The fourth-order valence-corrected chi connectivity index (χ4v) is 0.953. The molecule has 0 heterocycles. The predicted molar refractivity (Wildman–Crippen MR) is 55.4 cm³/mol. The van der Waals surface area contributed by atoms with Gasteiger partial charge in [0.05, 0.1) is 0 Å². The van der Waals surface area contributed by atoms with Crippen molar-refractivity contribution in [3.8, 4) is 0 Å². The van der Waals surface area contributed by atoms with Crippen LogP contribution >= 0.6 is 0 Å². The Morgan fingerprint density at radius 3 is 2.56 bits per heavy atom. The summed E-state index contributed by atoms with van der Waals surface area (Å²) in [6, 6.07) is 9.01. The summed E-state index contributed by atoms with van der Waals surface area (Å²) < 4.78 is 4.76. The maximum absolute atomic E-state index is 11.1. The van der Waals surface area contributed by atoms with Gasteiger partial charge in [-0.3, -0.25) is 5.32 Å². The van der Waals surface area contributed by atoms with Gasteiger partial charge < -0.3 is 15.6 Å². The van der Waals surface area contributed by atoms with Crippen molar-refractivity contribution < 1.29 is 19.4 Å². The fraction of sp³-hybridized carbons (Fsp3) is 0.200. The molecule has 6 heteroatoms. The minimum atomic E-state index is -1.46. The van der Waals surface area contributed by atoms with Gasteiger partial charge in [0, 0.05) is 0 Å². The van der Waals surface area contributed by atoms with Crippen molar-refractivity contribution in [2.75, 3.05) is 0 Å². The van der Waals surface area contributed by atoms with E-state index in [0.29, 0.717) is 0 Å². The van der Waals surface area contributed by atoms with Crippen LogP contribution in [-0.4, -0.2) is 23.3 Å². The predicted octanol–water partition coefficient (Wildman–Crippen LogP) is 0.282. The minimum Gasteiger partial charge on any atom is -0.479 e. The van der Waals surface area contributed by atoms with Crippen molar-refractivity contribution >= 4 is 12.1 Å². The van der Waals surface area contributed by atoms with Crippen LogP contribution in [0.1, 0.15) is 5.56 Å². The van der Waals surface area contributed by atoms with E-state index in [4.69, 9.17) is 15.6 Å². The lowest BCUT2D eigenvalue weighted by Crippen LogP contribution is -2.47. The van der Waals surface area contributed by atoms with Gasteiger partial charge in [-0.25, -0.2) is 9.59 Å². The van der Waals surface area contributed by atoms with E-state index in [0.717, 1.165) is 5.56 Å². The summed E-state index contributed by atoms with van der Waals surface area (Å²) in [5.41, 5.74) is 5.88. The van der Waals surface area contributed by atoms with Gasteiger partial charge in [0.1, 0.15) is 6.61 Å². The van der Waals surface area contributed by atoms with Gasteiger partial charge in [0.2, 0.25) is 0 Å². The first-order valence-electron chi connectivity index (χ1n) is 4.55.